The Morgan fingerprint density at radius 2 is 1.06 bits per heavy atom. The summed E-state index contributed by atoms with van der Waals surface area (Å²) < 4.78 is 10.6. The van der Waals surface area contributed by atoms with E-state index in [4.69, 9.17) is 9.47 Å². The van der Waals surface area contributed by atoms with Crippen LogP contribution in [-0.2, 0) is 19.1 Å². The van der Waals surface area contributed by atoms with E-state index < -0.39 is 12.2 Å². The summed E-state index contributed by atoms with van der Waals surface area (Å²) in [5.41, 5.74) is 0. The molecule has 0 rings (SSSR count). The number of unbranched alkanes of at least 4 members (excludes halogenated alkanes) is 21. The lowest BCUT2D eigenvalue weighted by molar-refractivity contribution is -0.161. The van der Waals surface area contributed by atoms with E-state index in [2.05, 4.69) is 19.9 Å². The molecule has 6 nitrogen and oxygen atoms in total. The van der Waals surface area contributed by atoms with Gasteiger partial charge in [0, 0.05) is 12.8 Å². The third kappa shape index (κ3) is 37.1. The zero-order chi connectivity index (χ0) is 36.6. The summed E-state index contributed by atoms with van der Waals surface area (Å²) in [5.74, 6) is -0.693. The number of ether oxygens (including phenoxy) is 2. The number of aliphatic hydroxyl groups excluding tert-OH is 2. The van der Waals surface area contributed by atoms with Crippen LogP contribution >= 0.6 is 0 Å². The largest absolute Gasteiger partial charge is 0.462 e. The average Bonchev–Trinajstić information content (AvgIpc) is 3.11. The van der Waals surface area contributed by atoms with Crippen LogP contribution in [0.2, 0.25) is 0 Å². The number of carbonyl (C=O) groups is 2. The summed E-state index contributed by atoms with van der Waals surface area (Å²) in [6.07, 6.45) is 46.3. The second-order valence-corrected chi connectivity index (χ2v) is 13.9. The molecule has 0 aromatic heterocycles. The fraction of sp³-hybridized carbons (Fsp3) is 0.773. The van der Waals surface area contributed by atoms with Crippen molar-refractivity contribution in [3.63, 3.8) is 0 Å². The van der Waals surface area contributed by atoms with Crippen molar-refractivity contribution in [3.8, 4) is 0 Å². The van der Waals surface area contributed by atoms with Crippen molar-refractivity contribution in [1.29, 1.82) is 0 Å². The van der Waals surface area contributed by atoms with Gasteiger partial charge in [-0.05, 0) is 44.9 Å². The fourth-order valence-corrected chi connectivity index (χ4v) is 5.74. The minimum atomic E-state index is -0.810. The standard InChI is InChI=1S/C44H78O6/c1-3-5-7-9-11-12-13-14-15-16-17-18-19-20-21-25-30-34-38-44(48)50-42(39-45)40-49-43(47)37-33-29-26-22-24-28-32-36-41(46)35-31-27-23-10-8-6-4-2/h22-23,26-28,31-32,35,41-42,45-46H,3-21,24-25,29-30,33-34,36-40H2,1-2H3/b26-22+,27-23-,32-28-,35-31-/t41-,42+/m1/s1. The topological polar surface area (TPSA) is 93.1 Å². The molecule has 0 heterocycles. The molecule has 290 valence electrons. The maximum absolute atomic E-state index is 12.2. The molecule has 2 atom stereocenters. The lowest BCUT2D eigenvalue weighted by Crippen LogP contribution is -2.28. The van der Waals surface area contributed by atoms with Gasteiger partial charge in [0.1, 0.15) is 6.61 Å². The molecule has 0 unspecified atom stereocenters. The second kappa shape index (κ2) is 39.6. The number of hydrogen-bond donors (Lipinski definition) is 2. The van der Waals surface area contributed by atoms with E-state index in [0.29, 0.717) is 19.3 Å². The maximum atomic E-state index is 12.2. The molecule has 0 aliphatic heterocycles. The van der Waals surface area contributed by atoms with Crippen LogP contribution in [0.3, 0.4) is 0 Å². The molecule has 0 amide bonds. The van der Waals surface area contributed by atoms with Gasteiger partial charge in [0.05, 0.1) is 12.7 Å². The zero-order valence-corrected chi connectivity index (χ0v) is 32.5. The monoisotopic (exact) mass is 703 g/mol. The van der Waals surface area contributed by atoms with Crippen molar-refractivity contribution in [3.05, 3.63) is 48.6 Å². The summed E-state index contributed by atoms with van der Waals surface area (Å²) >= 11 is 0. The highest BCUT2D eigenvalue weighted by Crippen LogP contribution is 2.15. The molecule has 6 heteroatoms. The van der Waals surface area contributed by atoms with Crippen LogP contribution in [0.1, 0.15) is 194 Å². The third-order valence-electron chi connectivity index (χ3n) is 8.96. The molecule has 0 saturated heterocycles. The van der Waals surface area contributed by atoms with Crippen LogP contribution in [0, 0.1) is 0 Å². The van der Waals surface area contributed by atoms with E-state index in [1.165, 1.54) is 116 Å². The Kier molecular flexibility index (Phi) is 37.9. The van der Waals surface area contributed by atoms with Gasteiger partial charge in [0.15, 0.2) is 6.10 Å². The molecule has 0 saturated carbocycles. The van der Waals surface area contributed by atoms with Gasteiger partial charge >= 0.3 is 11.9 Å². The van der Waals surface area contributed by atoms with E-state index in [-0.39, 0.29) is 31.6 Å². The van der Waals surface area contributed by atoms with Gasteiger partial charge in [-0.2, -0.15) is 0 Å². The van der Waals surface area contributed by atoms with Crippen molar-refractivity contribution >= 4 is 11.9 Å². The molecular weight excluding hydrogens is 624 g/mol. The van der Waals surface area contributed by atoms with Crippen LogP contribution < -0.4 is 0 Å². The van der Waals surface area contributed by atoms with E-state index in [0.717, 1.165) is 38.5 Å². The Morgan fingerprint density at radius 3 is 1.64 bits per heavy atom. The predicted molar refractivity (Wildman–Crippen MR) is 211 cm³/mol. The highest BCUT2D eigenvalue weighted by Gasteiger charge is 2.16. The average molecular weight is 703 g/mol. The van der Waals surface area contributed by atoms with Crippen LogP contribution in [-0.4, -0.2) is 47.6 Å². The Morgan fingerprint density at radius 1 is 0.560 bits per heavy atom. The predicted octanol–water partition coefficient (Wildman–Crippen LogP) is 12.0. The van der Waals surface area contributed by atoms with Gasteiger partial charge in [-0.3, -0.25) is 9.59 Å². The van der Waals surface area contributed by atoms with Gasteiger partial charge in [0.25, 0.3) is 0 Å². The Labute approximate surface area is 308 Å². The SMILES string of the molecule is CCCCC/C=C\C=C/[C@@H](O)C/C=C\C/C=C/CCCC(=O)OC[C@H](CO)OC(=O)CCCCCCCCCCCCCCCCCCCC. The normalized spacial score (nSPS) is 13.3. The first kappa shape index (κ1) is 47.8. The molecule has 0 aliphatic carbocycles. The van der Waals surface area contributed by atoms with Crippen molar-refractivity contribution in [2.45, 2.75) is 206 Å². The molecule has 50 heavy (non-hydrogen) atoms. The minimum absolute atomic E-state index is 0.114. The Hall–Kier alpha value is -2.18. The first-order chi connectivity index (χ1) is 24.5. The van der Waals surface area contributed by atoms with E-state index in [9.17, 15) is 19.8 Å². The Bertz CT molecular complexity index is 861. The summed E-state index contributed by atoms with van der Waals surface area (Å²) in [5, 5.41) is 19.6. The number of aliphatic hydroxyl groups is 2. The zero-order valence-electron chi connectivity index (χ0n) is 32.5. The minimum Gasteiger partial charge on any atom is -0.462 e. The summed E-state index contributed by atoms with van der Waals surface area (Å²) in [6, 6.07) is 0. The number of esters is 2. The molecule has 0 spiro atoms. The fourth-order valence-electron chi connectivity index (χ4n) is 5.74. The molecule has 0 aliphatic rings. The van der Waals surface area contributed by atoms with Crippen LogP contribution in [0.25, 0.3) is 0 Å². The van der Waals surface area contributed by atoms with Crippen molar-refractivity contribution < 1.29 is 29.3 Å². The number of hydrogen-bond acceptors (Lipinski definition) is 6. The van der Waals surface area contributed by atoms with Gasteiger partial charge in [-0.25, -0.2) is 0 Å². The molecule has 2 N–H and O–H groups in total. The van der Waals surface area contributed by atoms with Crippen molar-refractivity contribution in [1.82, 2.24) is 0 Å². The van der Waals surface area contributed by atoms with Crippen molar-refractivity contribution in [2.24, 2.45) is 0 Å². The maximum Gasteiger partial charge on any atom is 0.306 e. The van der Waals surface area contributed by atoms with Crippen molar-refractivity contribution in [2.75, 3.05) is 13.2 Å². The van der Waals surface area contributed by atoms with Gasteiger partial charge in [-0.15, -0.1) is 0 Å². The third-order valence-corrected chi connectivity index (χ3v) is 8.96. The van der Waals surface area contributed by atoms with Crippen LogP contribution in [0.15, 0.2) is 48.6 Å². The van der Waals surface area contributed by atoms with Gasteiger partial charge in [-0.1, -0.05) is 184 Å². The van der Waals surface area contributed by atoms with E-state index >= 15 is 0 Å². The molecular formula is C44H78O6. The second-order valence-electron chi connectivity index (χ2n) is 13.9. The quantitative estimate of drug-likeness (QED) is 0.0290. The van der Waals surface area contributed by atoms with Crippen LogP contribution in [0.4, 0.5) is 0 Å². The van der Waals surface area contributed by atoms with Gasteiger partial charge < -0.3 is 19.7 Å². The van der Waals surface area contributed by atoms with E-state index in [1.54, 1.807) is 0 Å². The summed E-state index contributed by atoms with van der Waals surface area (Å²) in [4.78, 5) is 24.3. The highest BCUT2D eigenvalue weighted by molar-refractivity contribution is 5.70. The smallest absolute Gasteiger partial charge is 0.306 e. The lowest BCUT2D eigenvalue weighted by atomic mass is 10.0. The Balaban J connectivity index is 3.67. The molecule has 0 aromatic rings. The number of carbonyl (C=O) groups excluding carboxylic acids is 2. The summed E-state index contributed by atoms with van der Waals surface area (Å²) in [6.45, 7) is 4.00. The lowest BCUT2D eigenvalue weighted by Gasteiger charge is -2.15. The van der Waals surface area contributed by atoms with E-state index in [1.807, 2.05) is 42.5 Å². The molecule has 0 fully saturated rings. The molecule has 0 radical (unpaired) electrons. The molecule has 0 aromatic carbocycles. The first-order valence-corrected chi connectivity index (χ1v) is 20.8. The van der Waals surface area contributed by atoms with Crippen LogP contribution in [0.5, 0.6) is 0 Å². The summed E-state index contributed by atoms with van der Waals surface area (Å²) in [7, 11) is 0. The van der Waals surface area contributed by atoms with Gasteiger partial charge in [0.2, 0.25) is 0 Å². The first-order valence-electron chi connectivity index (χ1n) is 20.8. The molecule has 0 bridgehead atoms. The number of rotatable bonds is 37. The highest BCUT2D eigenvalue weighted by atomic mass is 16.6. The number of allylic oxidation sites excluding steroid dienone is 6.